The van der Waals surface area contributed by atoms with Crippen molar-refractivity contribution in [3.63, 3.8) is 0 Å². The first-order valence-corrected chi connectivity index (χ1v) is 5.74. The lowest BCUT2D eigenvalue weighted by Gasteiger charge is -2.10. The van der Waals surface area contributed by atoms with Gasteiger partial charge in [-0.1, -0.05) is 18.5 Å². The maximum Gasteiger partial charge on any atom is 0.0847 e. The molecule has 1 saturated carbocycles. The van der Waals surface area contributed by atoms with E-state index in [0.717, 1.165) is 17.8 Å². The number of halogens is 1. The van der Waals surface area contributed by atoms with Crippen molar-refractivity contribution in [1.29, 1.82) is 0 Å². The normalized spacial score (nSPS) is 26.7. The van der Waals surface area contributed by atoms with Crippen molar-refractivity contribution in [3.05, 3.63) is 16.4 Å². The monoisotopic (exact) mass is 228 g/mol. The summed E-state index contributed by atoms with van der Waals surface area (Å²) in [6.07, 6.45) is 1.48. The first-order valence-electron chi connectivity index (χ1n) is 5.36. The molecule has 1 aromatic heterocycles. The molecule has 0 aromatic carbocycles. The topological polar surface area (TPSA) is 38.0 Å². The van der Waals surface area contributed by atoms with Gasteiger partial charge in [0, 0.05) is 13.5 Å². The van der Waals surface area contributed by atoms with Gasteiger partial charge >= 0.3 is 0 Å². The summed E-state index contributed by atoms with van der Waals surface area (Å²) in [5, 5.41) is 14.9. The van der Waals surface area contributed by atoms with Gasteiger partial charge in [0.15, 0.2) is 0 Å². The van der Waals surface area contributed by atoms with Crippen LogP contribution in [-0.2, 0) is 13.5 Å². The van der Waals surface area contributed by atoms with Gasteiger partial charge in [-0.05, 0) is 25.2 Å². The maximum absolute atomic E-state index is 9.97. The van der Waals surface area contributed by atoms with Crippen molar-refractivity contribution >= 4 is 11.6 Å². The van der Waals surface area contributed by atoms with Gasteiger partial charge in [0.1, 0.15) is 0 Å². The predicted molar refractivity (Wildman–Crippen MR) is 59.9 cm³/mol. The molecule has 4 heteroatoms. The van der Waals surface area contributed by atoms with Crippen LogP contribution in [0.3, 0.4) is 0 Å². The van der Waals surface area contributed by atoms with E-state index >= 15 is 0 Å². The number of aryl methyl sites for hydroxylation is 2. The third-order valence-corrected chi connectivity index (χ3v) is 3.82. The SMILES string of the molecule is Cc1nn(C)c(CC(O)C2CC2C)c1Cl. The van der Waals surface area contributed by atoms with Gasteiger partial charge in [-0.15, -0.1) is 0 Å². The Morgan fingerprint density at radius 2 is 2.27 bits per heavy atom. The van der Waals surface area contributed by atoms with E-state index in [0.29, 0.717) is 23.3 Å². The second-order valence-electron chi connectivity index (χ2n) is 4.62. The van der Waals surface area contributed by atoms with E-state index in [1.807, 2.05) is 14.0 Å². The molecular weight excluding hydrogens is 212 g/mol. The smallest absolute Gasteiger partial charge is 0.0847 e. The Labute approximate surface area is 95.0 Å². The summed E-state index contributed by atoms with van der Waals surface area (Å²) < 4.78 is 1.77. The largest absolute Gasteiger partial charge is 0.392 e. The van der Waals surface area contributed by atoms with Gasteiger partial charge in [0.05, 0.1) is 22.5 Å². The molecule has 1 aromatic rings. The minimum absolute atomic E-state index is 0.271. The van der Waals surface area contributed by atoms with Crippen LogP contribution in [0.1, 0.15) is 24.7 Å². The van der Waals surface area contributed by atoms with Crippen LogP contribution >= 0.6 is 11.6 Å². The Balaban J connectivity index is 2.10. The fourth-order valence-corrected chi connectivity index (χ4v) is 2.38. The Hall–Kier alpha value is -0.540. The van der Waals surface area contributed by atoms with Crippen molar-refractivity contribution in [3.8, 4) is 0 Å². The van der Waals surface area contributed by atoms with E-state index in [2.05, 4.69) is 12.0 Å². The highest BCUT2D eigenvalue weighted by Crippen LogP contribution is 2.41. The highest BCUT2D eigenvalue weighted by atomic mass is 35.5. The number of aromatic nitrogens is 2. The van der Waals surface area contributed by atoms with E-state index in [1.54, 1.807) is 4.68 Å². The van der Waals surface area contributed by atoms with Crippen molar-refractivity contribution in [2.75, 3.05) is 0 Å². The number of aliphatic hydroxyl groups excluding tert-OH is 1. The van der Waals surface area contributed by atoms with Crippen molar-refractivity contribution in [2.24, 2.45) is 18.9 Å². The average molecular weight is 229 g/mol. The third-order valence-electron chi connectivity index (χ3n) is 3.33. The highest BCUT2D eigenvalue weighted by molar-refractivity contribution is 6.31. The summed E-state index contributed by atoms with van der Waals surface area (Å²) in [5.74, 6) is 1.12. The molecule has 3 unspecified atom stereocenters. The van der Waals surface area contributed by atoms with Crippen molar-refractivity contribution in [2.45, 2.75) is 32.8 Å². The molecule has 0 radical (unpaired) electrons. The van der Waals surface area contributed by atoms with Crippen molar-refractivity contribution < 1.29 is 5.11 Å². The average Bonchev–Trinajstić information content (AvgIpc) is 2.84. The summed E-state index contributed by atoms with van der Waals surface area (Å²) in [6, 6.07) is 0. The zero-order chi connectivity index (χ0) is 11.2. The first-order chi connectivity index (χ1) is 7.00. The van der Waals surface area contributed by atoms with E-state index in [-0.39, 0.29) is 6.10 Å². The standard InChI is InChI=1S/C11H17ClN2O/c1-6-4-8(6)10(15)5-9-11(12)7(2)13-14(9)3/h6,8,10,15H,4-5H2,1-3H3. The summed E-state index contributed by atoms with van der Waals surface area (Å²) in [4.78, 5) is 0. The van der Waals surface area contributed by atoms with Gasteiger partial charge in [-0.3, -0.25) is 4.68 Å². The third kappa shape index (κ3) is 2.04. The zero-order valence-corrected chi connectivity index (χ0v) is 10.1. The molecule has 3 nitrogen and oxygen atoms in total. The Kier molecular flexibility index (Phi) is 2.77. The minimum Gasteiger partial charge on any atom is -0.392 e. The predicted octanol–water partition coefficient (Wildman–Crippen LogP) is 1.94. The molecule has 1 fully saturated rings. The molecule has 2 rings (SSSR count). The Morgan fingerprint density at radius 3 is 2.67 bits per heavy atom. The van der Waals surface area contributed by atoms with Crippen LogP contribution in [0.15, 0.2) is 0 Å². The fraction of sp³-hybridized carbons (Fsp3) is 0.727. The summed E-state index contributed by atoms with van der Waals surface area (Å²) in [6.45, 7) is 4.06. The van der Waals surface area contributed by atoms with Gasteiger partial charge in [0.2, 0.25) is 0 Å². The van der Waals surface area contributed by atoms with Gasteiger partial charge < -0.3 is 5.11 Å². The summed E-state index contributed by atoms with van der Waals surface area (Å²) in [5.41, 5.74) is 1.78. The van der Waals surface area contributed by atoms with Crippen LogP contribution in [0.25, 0.3) is 0 Å². The summed E-state index contributed by atoms with van der Waals surface area (Å²) >= 11 is 6.13. The van der Waals surface area contributed by atoms with E-state index in [1.165, 1.54) is 0 Å². The van der Waals surface area contributed by atoms with Crippen LogP contribution in [-0.4, -0.2) is 21.0 Å². The van der Waals surface area contributed by atoms with E-state index < -0.39 is 0 Å². The molecule has 3 atom stereocenters. The second kappa shape index (κ2) is 3.80. The number of aliphatic hydroxyl groups is 1. The quantitative estimate of drug-likeness (QED) is 0.859. The van der Waals surface area contributed by atoms with Crippen LogP contribution < -0.4 is 0 Å². The number of hydrogen-bond acceptors (Lipinski definition) is 2. The molecule has 1 N–H and O–H groups in total. The number of rotatable bonds is 3. The van der Waals surface area contributed by atoms with E-state index in [9.17, 15) is 5.11 Å². The molecule has 1 heterocycles. The van der Waals surface area contributed by atoms with Crippen LogP contribution in [0.4, 0.5) is 0 Å². The highest BCUT2D eigenvalue weighted by Gasteiger charge is 2.39. The van der Waals surface area contributed by atoms with Crippen molar-refractivity contribution in [1.82, 2.24) is 9.78 Å². The molecule has 0 bridgehead atoms. The lowest BCUT2D eigenvalue weighted by molar-refractivity contribution is 0.144. The Morgan fingerprint density at radius 1 is 1.67 bits per heavy atom. The zero-order valence-electron chi connectivity index (χ0n) is 9.37. The molecule has 0 saturated heterocycles. The molecule has 0 aliphatic heterocycles. The van der Waals surface area contributed by atoms with Crippen LogP contribution in [0, 0.1) is 18.8 Å². The van der Waals surface area contributed by atoms with Gasteiger partial charge in [-0.2, -0.15) is 5.10 Å². The van der Waals surface area contributed by atoms with Crippen LogP contribution in [0.5, 0.6) is 0 Å². The van der Waals surface area contributed by atoms with Gasteiger partial charge in [-0.25, -0.2) is 0 Å². The lowest BCUT2D eigenvalue weighted by atomic mass is 10.1. The second-order valence-corrected chi connectivity index (χ2v) is 5.00. The molecule has 15 heavy (non-hydrogen) atoms. The lowest BCUT2D eigenvalue weighted by Crippen LogP contribution is -2.16. The number of hydrogen-bond donors (Lipinski definition) is 1. The van der Waals surface area contributed by atoms with E-state index in [4.69, 9.17) is 11.6 Å². The fourth-order valence-electron chi connectivity index (χ4n) is 2.14. The molecule has 0 amide bonds. The molecular formula is C11H17ClN2O. The summed E-state index contributed by atoms with van der Waals surface area (Å²) in [7, 11) is 1.87. The maximum atomic E-state index is 9.97. The van der Waals surface area contributed by atoms with Crippen LogP contribution in [0.2, 0.25) is 5.02 Å². The minimum atomic E-state index is -0.271. The molecule has 1 aliphatic rings. The Bertz CT molecular complexity index is 375. The number of nitrogens with zero attached hydrogens (tertiary/aromatic N) is 2. The molecule has 1 aliphatic carbocycles. The molecule has 0 spiro atoms. The van der Waals surface area contributed by atoms with Gasteiger partial charge in [0.25, 0.3) is 0 Å². The molecule has 84 valence electrons. The first kappa shape index (κ1) is 11.0.